The summed E-state index contributed by atoms with van der Waals surface area (Å²) in [6, 6.07) is 10.2. The summed E-state index contributed by atoms with van der Waals surface area (Å²) in [5.41, 5.74) is 7.01. The molecule has 0 aliphatic heterocycles. The summed E-state index contributed by atoms with van der Waals surface area (Å²) >= 11 is 3.72. The number of carbonyl (C=O) groups is 1. The highest BCUT2D eigenvalue weighted by Gasteiger charge is 2.23. The summed E-state index contributed by atoms with van der Waals surface area (Å²) in [5.74, 6) is -0.377. The largest absolute Gasteiger partial charge is 0.369 e. The van der Waals surface area contributed by atoms with Gasteiger partial charge in [0, 0.05) is 5.71 Å². The molecule has 0 fully saturated rings. The number of aliphatic imine (C=N–C) groups is 1. The van der Waals surface area contributed by atoms with Crippen LogP contribution in [0.1, 0.15) is 32.3 Å². The second-order valence-corrected chi connectivity index (χ2v) is 7.06. The smallest absolute Gasteiger partial charge is 0.323 e. The number of nitrogens with two attached hydrogens (primary N) is 1. The standard InChI is InChI=1S/C18H19N2.C3H7NOS/c1-18(11-7-4-8-12-18)15-17(20-14-13-19-2)16-9-5-3-6-10-16;1-2(6)3(4)5/h2-11,13-14H,12,15H2,1H3;2,6H,1H3,(H2,4,5)/q+1;/b14-13-,20-17?;/t;2-/m.0/s1. The zero-order valence-corrected chi connectivity index (χ0v) is 16.1. The Labute approximate surface area is 161 Å². The fraction of sp³-hybridized carbons (Fsp3) is 0.286. The number of hydrogen-bond acceptors (Lipinski definition) is 3. The van der Waals surface area contributed by atoms with E-state index in [4.69, 9.17) is 12.3 Å². The molecule has 26 heavy (non-hydrogen) atoms. The van der Waals surface area contributed by atoms with E-state index in [1.165, 1.54) is 6.20 Å². The van der Waals surface area contributed by atoms with Crippen molar-refractivity contribution in [2.45, 2.75) is 31.9 Å². The molecule has 4 nitrogen and oxygen atoms in total. The van der Waals surface area contributed by atoms with E-state index in [1.807, 2.05) is 18.2 Å². The maximum atomic E-state index is 9.84. The SMILES string of the molecule is C#[N+]/C=C\N=C(CC1(C)C=CC=CC1)c1ccccc1.C[C@H](S)C(N)=O. The van der Waals surface area contributed by atoms with Gasteiger partial charge >= 0.3 is 6.20 Å². The molecule has 0 radical (unpaired) electrons. The summed E-state index contributed by atoms with van der Waals surface area (Å²) < 4.78 is 0. The number of benzene rings is 1. The van der Waals surface area contributed by atoms with Gasteiger partial charge in [-0.25, -0.2) is 0 Å². The van der Waals surface area contributed by atoms with Crippen LogP contribution >= 0.6 is 12.6 Å². The van der Waals surface area contributed by atoms with Crippen LogP contribution in [0.2, 0.25) is 0 Å². The molecule has 2 N–H and O–H groups in total. The molecule has 1 aliphatic carbocycles. The Morgan fingerprint density at radius 1 is 1.42 bits per heavy atom. The Morgan fingerprint density at radius 3 is 2.58 bits per heavy atom. The number of hydrogen-bond donors (Lipinski definition) is 2. The van der Waals surface area contributed by atoms with Gasteiger partial charge in [-0.15, -0.1) is 0 Å². The summed E-state index contributed by atoms with van der Waals surface area (Å²) in [6.07, 6.45) is 13.7. The van der Waals surface area contributed by atoms with Crippen molar-refractivity contribution in [3.8, 4) is 6.57 Å². The van der Waals surface area contributed by atoms with Gasteiger partial charge < -0.3 is 5.73 Å². The number of thiol groups is 1. The quantitative estimate of drug-likeness (QED) is 0.578. The van der Waals surface area contributed by atoms with Gasteiger partial charge in [-0.3, -0.25) is 9.79 Å². The summed E-state index contributed by atoms with van der Waals surface area (Å²) in [7, 11) is 0. The van der Waals surface area contributed by atoms with Crippen LogP contribution in [-0.4, -0.2) is 16.9 Å². The fourth-order valence-electron chi connectivity index (χ4n) is 2.30. The molecule has 0 saturated carbocycles. The van der Waals surface area contributed by atoms with Gasteiger partial charge in [0.15, 0.2) is 0 Å². The van der Waals surface area contributed by atoms with Crippen LogP contribution in [0.5, 0.6) is 0 Å². The third-order valence-corrected chi connectivity index (χ3v) is 4.06. The van der Waals surface area contributed by atoms with Gasteiger partial charge in [-0.1, -0.05) is 61.6 Å². The lowest BCUT2D eigenvalue weighted by atomic mass is 9.78. The van der Waals surface area contributed by atoms with Crippen molar-refractivity contribution in [3.05, 3.63) is 77.4 Å². The first-order valence-electron chi connectivity index (χ1n) is 8.37. The molecule has 5 heteroatoms. The first-order chi connectivity index (χ1) is 12.4. The van der Waals surface area contributed by atoms with Crippen LogP contribution in [0.4, 0.5) is 0 Å². The number of carbonyl (C=O) groups excluding carboxylic acids is 1. The summed E-state index contributed by atoms with van der Waals surface area (Å²) in [5, 5.41) is -0.315. The zero-order chi connectivity index (χ0) is 19.4. The first-order valence-corrected chi connectivity index (χ1v) is 8.88. The van der Waals surface area contributed by atoms with E-state index in [1.54, 1.807) is 13.1 Å². The normalized spacial score (nSPS) is 20.2. The van der Waals surface area contributed by atoms with Gasteiger partial charge in [-0.05, 0) is 35.6 Å². The van der Waals surface area contributed by atoms with E-state index >= 15 is 0 Å². The van der Waals surface area contributed by atoms with Crippen LogP contribution in [0.3, 0.4) is 0 Å². The highest BCUT2D eigenvalue weighted by Crippen LogP contribution is 2.32. The first kappa shape index (κ1) is 21.5. The van der Waals surface area contributed by atoms with Gasteiger partial charge in [0.1, 0.15) is 6.20 Å². The van der Waals surface area contributed by atoms with Crippen molar-refractivity contribution < 1.29 is 4.79 Å². The predicted octanol–water partition coefficient (Wildman–Crippen LogP) is 4.61. The van der Waals surface area contributed by atoms with E-state index in [0.717, 1.165) is 24.1 Å². The van der Waals surface area contributed by atoms with Crippen molar-refractivity contribution >= 4 is 24.2 Å². The molecule has 0 bridgehead atoms. The minimum Gasteiger partial charge on any atom is -0.369 e. The van der Waals surface area contributed by atoms with E-state index in [9.17, 15) is 4.79 Å². The number of allylic oxidation sites excluding steroid dienone is 4. The number of rotatable bonds is 5. The third kappa shape index (κ3) is 8.00. The summed E-state index contributed by atoms with van der Waals surface area (Å²) in [6.45, 7) is 9.00. The number of amides is 1. The van der Waals surface area contributed by atoms with Crippen LogP contribution in [0, 0.1) is 12.0 Å². The zero-order valence-electron chi connectivity index (χ0n) is 15.2. The topological polar surface area (TPSA) is 59.8 Å². The molecule has 2 atom stereocenters. The van der Waals surface area contributed by atoms with Crippen molar-refractivity contribution in [1.82, 2.24) is 0 Å². The molecule has 0 aromatic heterocycles. The van der Waals surface area contributed by atoms with Crippen LogP contribution in [-0.2, 0) is 4.79 Å². The van der Waals surface area contributed by atoms with Crippen LogP contribution in [0.15, 0.2) is 72.0 Å². The molecular weight excluding hydrogens is 342 g/mol. The lowest BCUT2D eigenvalue weighted by Gasteiger charge is -2.27. The molecular formula is C21H26N3OS+. The Hall–Kier alpha value is -2.58. The second kappa shape index (κ2) is 11.1. The summed E-state index contributed by atoms with van der Waals surface area (Å²) in [4.78, 5) is 17.8. The highest BCUT2D eigenvalue weighted by atomic mass is 32.1. The molecule has 1 aromatic carbocycles. The lowest BCUT2D eigenvalue weighted by molar-refractivity contribution is -0.117. The molecule has 1 amide bonds. The minimum absolute atomic E-state index is 0.108. The van der Waals surface area contributed by atoms with Gasteiger partial charge in [0.05, 0.1) is 5.25 Å². The average molecular weight is 369 g/mol. The van der Waals surface area contributed by atoms with Crippen molar-refractivity contribution in [1.29, 1.82) is 0 Å². The average Bonchev–Trinajstić information content (AvgIpc) is 2.63. The van der Waals surface area contributed by atoms with Crippen LogP contribution in [0.25, 0.3) is 4.85 Å². The molecule has 0 spiro atoms. The molecule has 0 heterocycles. The maximum absolute atomic E-state index is 9.84. The molecule has 0 saturated heterocycles. The maximum Gasteiger partial charge on any atom is 0.323 e. The molecule has 1 aromatic rings. The third-order valence-electron chi connectivity index (χ3n) is 3.80. The van der Waals surface area contributed by atoms with Gasteiger partial charge in [-0.2, -0.15) is 12.6 Å². The van der Waals surface area contributed by atoms with Crippen LogP contribution < -0.4 is 5.73 Å². The lowest BCUT2D eigenvalue weighted by Crippen LogP contribution is -2.20. The van der Waals surface area contributed by atoms with E-state index in [2.05, 4.69) is 65.8 Å². The van der Waals surface area contributed by atoms with E-state index in [-0.39, 0.29) is 16.6 Å². The molecule has 1 unspecified atom stereocenters. The number of nitrogens with zero attached hydrogens (tertiary/aromatic N) is 2. The Bertz CT molecular complexity index is 742. The number of primary amides is 1. The van der Waals surface area contributed by atoms with Crippen molar-refractivity contribution in [3.63, 3.8) is 0 Å². The van der Waals surface area contributed by atoms with Gasteiger partial charge in [0.2, 0.25) is 5.91 Å². The molecule has 2 rings (SSSR count). The fourth-order valence-corrected chi connectivity index (χ4v) is 2.30. The predicted molar refractivity (Wildman–Crippen MR) is 114 cm³/mol. The second-order valence-electron chi connectivity index (χ2n) is 6.29. The highest BCUT2D eigenvalue weighted by molar-refractivity contribution is 7.81. The van der Waals surface area contributed by atoms with Gasteiger partial charge in [0.25, 0.3) is 6.57 Å². The Kier molecular flexibility index (Phi) is 9.18. The Morgan fingerprint density at radius 2 is 2.08 bits per heavy atom. The Balaban J connectivity index is 0.000000487. The minimum atomic E-state index is -0.377. The monoisotopic (exact) mass is 368 g/mol. The van der Waals surface area contributed by atoms with Crippen molar-refractivity contribution in [2.24, 2.45) is 16.1 Å². The molecule has 136 valence electrons. The van der Waals surface area contributed by atoms with Crippen molar-refractivity contribution in [2.75, 3.05) is 0 Å². The van der Waals surface area contributed by atoms with E-state index < -0.39 is 0 Å². The van der Waals surface area contributed by atoms with E-state index in [0.29, 0.717) is 0 Å². The molecule has 1 aliphatic rings.